The van der Waals surface area contributed by atoms with E-state index in [0.717, 1.165) is 47.0 Å². The van der Waals surface area contributed by atoms with Gasteiger partial charge in [0.05, 0.1) is 11.0 Å². The molecule has 19 heavy (non-hydrogen) atoms. The van der Waals surface area contributed by atoms with Crippen LogP contribution in [0.4, 0.5) is 0 Å². The molecule has 104 valence electrons. The smallest absolute Gasteiger partial charge is 0.251 e. The van der Waals surface area contributed by atoms with Crippen molar-refractivity contribution in [1.29, 1.82) is 0 Å². The second-order valence-electron chi connectivity index (χ2n) is 4.21. The van der Waals surface area contributed by atoms with Crippen molar-refractivity contribution in [3.63, 3.8) is 0 Å². The van der Waals surface area contributed by atoms with Gasteiger partial charge in [-0.1, -0.05) is 34.6 Å². The lowest BCUT2D eigenvalue weighted by atomic mass is 10.0. The minimum Gasteiger partial charge on any atom is -0.320 e. The molecule has 0 aliphatic heterocycles. The number of aryl methyl sites for hydroxylation is 2. The second-order valence-corrected chi connectivity index (χ2v) is 4.21. The number of hydrogen-bond acceptors (Lipinski definition) is 2. The summed E-state index contributed by atoms with van der Waals surface area (Å²) in [6.07, 6.45) is 4.44. The Kier molecular flexibility index (Phi) is 5.74. The summed E-state index contributed by atoms with van der Waals surface area (Å²) in [6.45, 7) is 10.2. The highest BCUT2D eigenvalue weighted by Crippen LogP contribution is 2.18. The van der Waals surface area contributed by atoms with Crippen LogP contribution in [0.5, 0.6) is 0 Å². The number of H-pyrrole nitrogens is 1. The Morgan fingerprint density at radius 3 is 2.21 bits per heavy atom. The fourth-order valence-corrected chi connectivity index (χ4v) is 2.27. The summed E-state index contributed by atoms with van der Waals surface area (Å²) in [4.78, 5) is 19.4. The van der Waals surface area contributed by atoms with E-state index in [1.165, 1.54) is 0 Å². The van der Waals surface area contributed by atoms with Gasteiger partial charge >= 0.3 is 0 Å². The molecule has 3 heteroatoms. The third-order valence-corrected chi connectivity index (χ3v) is 3.23. The average Bonchev–Trinajstić information content (AvgIpc) is 2.47. The molecule has 0 saturated heterocycles. The molecule has 0 atom stereocenters. The summed E-state index contributed by atoms with van der Waals surface area (Å²) in [5.74, 6) is 0. The molecule has 0 unspecified atom stereocenters. The SMILES string of the molecule is CC.CCc1cnc2c(CC)c(CC)c(=O)[nH]c2c1. The van der Waals surface area contributed by atoms with Gasteiger partial charge in [-0.2, -0.15) is 0 Å². The first-order chi connectivity index (χ1) is 9.21. The molecule has 0 saturated carbocycles. The molecule has 2 aromatic rings. The first kappa shape index (κ1) is 15.4. The van der Waals surface area contributed by atoms with E-state index < -0.39 is 0 Å². The molecule has 0 aromatic carbocycles. The molecule has 0 aliphatic carbocycles. The van der Waals surface area contributed by atoms with Gasteiger partial charge in [-0.15, -0.1) is 0 Å². The highest BCUT2D eigenvalue weighted by Gasteiger charge is 2.10. The fourth-order valence-electron chi connectivity index (χ4n) is 2.27. The van der Waals surface area contributed by atoms with Gasteiger partial charge in [0.2, 0.25) is 0 Å². The Bertz CT molecular complexity index is 599. The van der Waals surface area contributed by atoms with Gasteiger partial charge in [0.15, 0.2) is 0 Å². The monoisotopic (exact) mass is 260 g/mol. The van der Waals surface area contributed by atoms with E-state index in [4.69, 9.17) is 0 Å². The van der Waals surface area contributed by atoms with Crippen LogP contribution in [-0.4, -0.2) is 9.97 Å². The molecule has 2 rings (SSSR count). The van der Waals surface area contributed by atoms with Crippen molar-refractivity contribution in [2.75, 3.05) is 0 Å². The number of rotatable bonds is 3. The quantitative estimate of drug-likeness (QED) is 0.915. The van der Waals surface area contributed by atoms with Crippen molar-refractivity contribution < 1.29 is 0 Å². The first-order valence-electron chi connectivity index (χ1n) is 7.23. The molecule has 0 radical (unpaired) electrons. The van der Waals surface area contributed by atoms with Crippen LogP contribution in [0, 0.1) is 0 Å². The lowest BCUT2D eigenvalue weighted by Crippen LogP contribution is -2.16. The van der Waals surface area contributed by atoms with Crippen LogP contribution in [0.1, 0.15) is 51.3 Å². The van der Waals surface area contributed by atoms with Gasteiger partial charge in [0, 0.05) is 11.8 Å². The largest absolute Gasteiger partial charge is 0.320 e. The van der Waals surface area contributed by atoms with E-state index in [1.807, 2.05) is 33.0 Å². The Hall–Kier alpha value is -1.64. The van der Waals surface area contributed by atoms with Gasteiger partial charge in [-0.25, -0.2) is 0 Å². The maximum atomic E-state index is 12.0. The molecule has 3 nitrogen and oxygen atoms in total. The molecule has 2 heterocycles. The lowest BCUT2D eigenvalue weighted by molar-refractivity contribution is 0.996. The molecular formula is C16H24N2O. The predicted molar refractivity (Wildman–Crippen MR) is 81.8 cm³/mol. The number of aromatic amines is 1. The summed E-state index contributed by atoms with van der Waals surface area (Å²) < 4.78 is 0. The van der Waals surface area contributed by atoms with Gasteiger partial charge in [0.1, 0.15) is 0 Å². The average molecular weight is 260 g/mol. The standard InChI is InChI=1S/C14H18N2O.C2H6/c1-4-9-7-12-13(15-8-9)10(5-2)11(6-3)14(17)16-12;1-2/h7-8H,4-6H2,1-3H3,(H,16,17);1-2H3. The maximum Gasteiger partial charge on any atom is 0.251 e. The second kappa shape index (κ2) is 7.07. The fraction of sp³-hybridized carbons (Fsp3) is 0.500. The molecule has 0 aliphatic rings. The minimum absolute atomic E-state index is 0.0342. The third-order valence-electron chi connectivity index (χ3n) is 3.23. The Morgan fingerprint density at radius 1 is 1.05 bits per heavy atom. The van der Waals surface area contributed by atoms with Crippen LogP contribution in [0.3, 0.4) is 0 Å². The summed E-state index contributed by atoms with van der Waals surface area (Å²) in [5, 5.41) is 0. The summed E-state index contributed by atoms with van der Waals surface area (Å²) in [5.41, 5.74) is 4.96. The molecule has 0 bridgehead atoms. The van der Waals surface area contributed by atoms with E-state index in [-0.39, 0.29) is 5.56 Å². The molecular weight excluding hydrogens is 236 g/mol. The predicted octanol–water partition coefficient (Wildman–Crippen LogP) is 3.64. The summed E-state index contributed by atoms with van der Waals surface area (Å²) in [6, 6.07) is 2.03. The van der Waals surface area contributed by atoms with Gasteiger partial charge in [0.25, 0.3) is 5.56 Å². The third kappa shape index (κ3) is 3.03. The number of aromatic nitrogens is 2. The van der Waals surface area contributed by atoms with Crippen molar-refractivity contribution >= 4 is 11.0 Å². The Morgan fingerprint density at radius 2 is 1.68 bits per heavy atom. The van der Waals surface area contributed by atoms with E-state index in [0.29, 0.717) is 0 Å². The van der Waals surface area contributed by atoms with Crippen LogP contribution < -0.4 is 5.56 Å². The maximum absolute atomic E-state index is 12.0. The van der Waals surface area contributed by atoms with E-state index >= 15 is 0 Å². The van der Waals surface area contributed by atoms with Crippen molar-refractivity contribution in [2.24, 2.45) is 0 Å². The van der Waals surface area contributed by atoms with Crippen LogP contribution >= 0.6 is 0 Å². The molecule has 0 amide bonds. The van der Waals surface area contributed by atoms with Crippen molar-refractivity contribution in [1.82, 2.24) is 9.97 Å². The topological polar surface area (TPSA) is 45.8 Å². The van der Waals surface area contributed by atoms with Crippen LogP contribution in [0.25, 0.3) is 11.0 Å². The van der Waals surface area contributed by atoms with Crippen LogP contribution in [0.2, 0.25) is 0 Å². The van der Waals surface area contributed by atoms with Gasteiger partial charge < -0.3 is 4.98 Å². The highest BCUT2D eigenvalue weighted by molar-refractivity contribution is 5.79. The number of nitrogens with one attached hydrogen (secondary N) is 1. The lowest BCUT2D eigenvalue weighted by Gasteiger charge is -2.09. The zero-order valence-corrected chi connectivity index (χ0v) is 12.6. The van der Waals surface area contributed by atoms with E-state index in [9.17, 15) is 4.79 Å². The zero-order valence-electron chi connectivity index (χ0n) is 12.6. The summed E-state index contributed by atoms with van der Waals surface area (Å²) in [7, 11) is 0. The Labute approximate surface area is 115 Å². The van der Waals surface area contributed by atoms with Gasteiger partial charge in [-0.05, 0) is 36.5 Å². The number of pyridine rings is 2. The van der Waals surface area contributed by atoms with Crippen LogP contribution in [-0.2, 0) is 19.3 Å². The van der Waals surface area contributed by atoms with Crippen LogP contribution in [0.15, 0.2) is 17.1 Å². The number of nitrogens with zero attached hydrogens (tertiary/aromatic N) is 1. The van der Waals surface area contributed by atoms with Crippen molar-refractivity contribution in [2.45, 2.75) is 53.9 Å². The van der Waals surface area contributed by atoms with E-state index in [2.05, 4.69) is 23.8 Å². The zero-order chi connectivity index (χ0) is 14.4. The molecule has 2 aromatic heterocycles. The minimum atomic E-state index is 0.0342. The van der Waals surface area contributed by atoms with Crippen molar-refractivity contribution in [3.05, 3.63) is 39.3 Å². The number of hydrogen-bond donors (Lipinski definition) is 1. The first-order valence-corrected chi connectivity index (χ1v) is 7.23. The van der Waals surface area contributed by atoms with Gasteiger partial charge in [-0.3, -0.25) is 9.78 Å². The molecule has 0 spiro atoms. The normalized spacial score (nSPS) is 10.2. The Balaban J connectivity index is 0.000000861. The van der Waals surface area contributed by atoms with Crippen molar-refractivity contribution in [3.8, 4) is 0 Å². The molecule has 0 fully saturated rings. The number of fused-ring (bicyclic) bond motifs is 1. The molecule has 1 N–H and O–H groups in total. The van der Waals surface area contributed by atoms with E-state index in [1.54, 1.807) is 0 Å². The highest BCUT2D eigenvalue weighted by atomic mass is 16.1. The summed E-state index contributed by atoms with van der Waals surface area (Å²) >= 11 is 0.